The number of halogens is 1. The average Bonchev–Trinajstić information content (AvgIpc) is 2.50. The van der Waals surface area contributed by atoms with Crippen LogP contribution in [0.2, 0.25) is 0 Å². The molecule has 1 aromatic rings. The molecular formula is C20H37BrP. The fourth-order valence-corrected chi connectivity index (χ4v) is 5.21. The Morgan fingerprint density at radius 3 is 1.64 bits per heavy atom. The van der Waals surface area contributed by atoms with Crippen LogP contribution in [0.3, 0.4) is 0 Å². The van der Waals surface area contributed by atoms with E-state index < -0.39 is 7.26 Å². The topological polar surface area (TPSA) is 0 Å². The lowest BCUT2D eigenvalue weighted by atomic mass is 10.1. The molecule has 0 N–H and O–H groups in total. The molecule has 1 radical (unpaired) electrons. The van der Waals surface area contributed by atoms with E-state index in [1.54, 1.807) is 5.30 Å². The van der Waals surface area contributed by atoms with E-state index in [9.17, 15) is 0 Å². The van der Waals surface area contributed by atoms with Gasteiger partial charge < -0.3 is 0 Å². The first kappa shape index (κ1) is 22.1. The molecule has 0 amide bonds. The summed E-state index contributed by atoms with van der Waals surface area (Å²) in [6, 6.07) is 11.2. The summed E-state index contributed by atoms with van der Waals surface area (Å²) < 4.78 is 0. The zero-order chi connectivity index (χ0) is 15.4. The normalized spacial score (nSPS) is 11.2. The van der Waals surface area contributed by atoms with Gasteiger partial charge in [0, 0.05) is 0 Å². The summed E-state index contributed by atoms with van der Waals surface area (Å²) >= 11 is 0. The van der Waals surface area contributed by atoms with Crippen LogP contribution in [0.1, 0.15) is 71.1 Å². The molecular weight excluding hydrogens is 351 g/mol. The quantitative estimate of drug-likeness (QED) is 0.265. The Morgan fingerprint density at radius 2 is 1.14 bits per heavy atom. The molecule has 2 heteroatoms. The Labute approximate surface area is 150 Å². The molecule has 0 saturated carbocycles. The molecule has 0 spiro atoms. The Kier molecular flexibility index (Phi) is 13.6. The highest BCUT2D eigenvalue weighted by Crippen LogP contribution is 2.50. The van der Waals surface area contributed by atoms with Crippen LogP contribution in [-0.2, 0) is 0 Å². The van der Waals surface area contributed by atoms with Crippen LogP contribution in [0.4, 0.5) is 0 Å². The van der Waals surface area contributed by atoms with Crippen LogP contribution in [0, 0.1) is 0 Å². The minimum atomic E-state index is -0.869. The largest absolute Gasteiger partial charge is 0.114 e. The maximum absolute atomic E-state index is 2.50. The second kappa shape index (κ2) is 13.6. The SMILES string of the molecule is Br.CCCCCCCCCCCC[P](C)(C)c1ccccc1. The Balaban J connectivity index is 0.00000441. The Bertz CT molecular complexity index is 348. The van der Waals surface area contributed by atoms with Gasteiger partial charge >= 0.3 is 0 Å². The van der Waals surface area contributed by atoms with Crippen LogP contribution in [0.15, 0.2) is 30.3 Å². The van der Waals surface area contributed by atoms with Gasteiger partial charge in [-0.05, 0) is 31.2 Å². The van der Waals surface area contributed by atoms with Gasteiger partial charge in [-0.3, -0.25) is 0 Å². The second-order valence-electron chi connectivity index (χ2n) is 6.93. The lowest BCUT2D eigenvalue weighted by Crippen LogP contribution is -2.11. The van der Waals surface area contributed by atoms with E-state index in [-0.39, 0.29) is 17.0 Å². The lowest BCUT2D eigenvalue weighted by Gasteiger charge is -2.28. The van der Waals surface area contributed by atoms with Gasteiger partial charge in [0.15, 0.2) is 0 Å². The highest BCUT2D eigenvalue weighted by molar-refractivity contribution is 8.93. The molecule has 0 nitrogen and oxygen atoms in total. The first-order valence-corrected chi connectivity index (χ1v) is 11.9. The van der Waals surface area contributed by atoms with Crippen molar-refractivity contribution in [3.8, 4) is 0 Å². The average molecular weight is 388 g/mol. The van der Waals surface area contributed by atoms with Crippen molar-refractivity contribution < 1.29 is 0 Å². The molecule has 0 atom stereocenters. The number of unbranched alkanes of at least 4 members (excludes halogenated alkanes) is 9. The van der Waals surface area contributed by atoms with Crippen molar-refractivity contribution in [2.45, 2.75) is 71.1 Å². The fraction of sp³-hybridized carbons (Fsp3) is 0.700. The maximum atomic E-state index is 2.50. The molecule has 0 aliphatic heterocycles. The van der Waals surface area contributed by atoms with E-state index in [0.717, 1.165) is 0 Å². The third-order valence-corrected chi connectivity index (χ3v) is 7.66. The predicted molar refractivity (Wildman–Crippen MR) is 112 cm³/mol. The Morgan fingerprint density at radius 1 is 0.682 bits per heavy atom. The van der Waals surface area contributed by atoms with Gasteiger partial charge in [0.1, 0.15) is 0 Å². The first-order chi connectivity index (χ1) is 10.2. The predicted octanol–water partition coefficient (Wildman–Crippen LogP) is 7.09. The first-order valence-electron chi connectivity index (χ1n) is 9.05. The minimum absolute atomic E-state index is 0. The zero-order valence-corrected chi connectivity index (χ0v) is 17.6. The summed E-state index contributed by atoms with van der Waals surface area (Å²) in [5.41, 5.74) is 0. The highest BCUT2D eigenvalue weighted by Gasteiger charge is 2.16. The van der Waals surface area contributed by atoms with E-state index in [1.165, 1.54) is 70.4 Å². The second-order valence-corrected chi connectivity index (χ2v) is 11.3. The van der Waals surface area contributed by atoms with Gasteiger partial charge in [0.2, 0.25) is 0 Å². The van der Waals surface area contributed by atoms with Crippen LogP contribution < -0.4 is 5.30 Å². The zero-order valence-electron chi connectivity index (χ0n) is 15.0. The molecule has 1 aromatic carbocycles. The van der Waals surface area contributed by atoms with Gasteiger partial charge in [0.25, 0.3) is 0 Å². The minimum Gasteiger partial charge on any atom is -0.114 e. The molecule has 0 aliphatic carbocycles. The van der Waals surface area contributed by atoms with Gasteiger partial charge in [-0.25, -0.2) is 0 Å². The number of hydrogen-bond acceptors (Lipinski definition) is 0. The molecule has 0 saturated heterocycles. The summed E-state index contributed by atoms with van der Waals surface area (Å²) in [6.07, 6.45) is 15.8. The van der Waals surface area contributed by atoms with E-state index in [2.05, 4.69) is 50.6 Å². The van der Waals surface area contributed by atoms with Crippen LogP contribution in [0.25, 0.3) is 0 Å². The van der Waals surface area contributed by atoms with Crippen molar-refractivity contribution in [1.29, 1.82) is 0 Å². The standard InChI is InChI=1S/C20H36P.BrH/c1-4-5-6-7-8-9-10-11-12-16-19-21(2,3)20-17-14-13-15-18-20;/h13-15,17-18H,4-12,16,19H2,1-3H3;1H. The van der Waals surface area contributed by atoms with E-state index in [4.69, 9.17) is 0 Å². The highest BCUT2D eigenvalue weighted by atomic mass is 79.9. The van der Waals surface area contributed by atoms with Gasteiger partial charge in [-0.1, -0.05) is 95.0 Å². The molecule has 0 heterocycles. The van der Waals surface area contributed by atoms with Gasteiger partial charge in [0.05, 0.1) is 0 Å². The molecule has 1 rings (SSSR count). The summed E-state index contributed by atoms with van der Waals surface area (Å²) in [6.45, 7) is 7.28. The molecule has 0 aliphatic rings. The Hall–Kier alpha value is 0.130. The molecule has 129 valence electrons. The maximum Gasteiger partial charge on any atom is -0.0286 e. The smallest absolute Gasteiger partial charge is 0.0286 e. The number of rotatable bonds is 12. The van der Waals surface area contributed by atoms with Crippen LogP contribution in [-0.4, -0.2) is 19.5 Å². The van der Waals surface area contributed by atoms with Crippen molar-refractivity contribution in [2.75, 3.05) is 19.5 Å². The molecule has 0 fully saturated rings. The lowest BCUT2D eigenvalue weighted by molar-refractivity contribution is 0.563. The fourth-order valence-electron chi connectivity index (χ4n) is 2.96. The number of benzene rings is 1. The van der Waals surface area contributed by atoms with E-state index in [1.807, 2.05) is 0 Å². The van der Waals surface area contributed by atoms with Gasteiger partial charge in [-0.15, -0.1) is 24.2 Å². The van der Waals surface area contributed by atoms with Crippen molar-refractivity contribution in [2.24, 2.45) is 0 Å². The van der Waals surface area contributed by atoms with E-state index >= 15 is 0 Å². The van der Waals surface area contributed by atoms with Crippen molar-refractivity contribution in [1.82, 2.24) is 0 Å². The summed E-state index contributed by atoms with van der Waals surface area (Å²) in [4.78, 5) is 0. The summed E-state index contributed by atoms with van der Waals surface area (Å²) in [5, 5.41) is 1.60. The summed E-state index contributed by atoms with van der Waals surface area (Å²) in [5.74, 6) is 0. The number of hydrogen-bond donors (Lipinski definition) is 0. The van der Waals surface area contributed by atoms with Gasteiger partial charge in [-0.2, -0.15) is 0 Å². The van der Waals surface area contributed by atoms with Crippen molar-refractivity contribution >= 4 is 29.5 Å². The summed E-state index contributed by atoms with van der Waals surface area (Å²) in [7, 11) is -0.869. The van der Waals surface area contributed by atoms with Crippen molar-refractivity contribution in [3.05, 3.63) is 30.3 Å². The van der Waals surface area contributed by atoms with Crippen LogP contribution >= 0.6 is 24.2 Å². The monoisotopic (exact) mass is 387 g/mol. The van der Waals surface area contributed by atoms with Crippen LogP contribution in [0.5, 0.6) is 0 Å². The third-order valence-electron chi connectivity index (χ3n) is 4.53. The van der Waals surface area contributed by atoms with E-state index in [0.29, 0.717) is 0 Å². The molecule has 0 aromatic heterocycles. The molecule has 0 bridgehead atoms. The molecule has 22 heavy (non-hydrogen) atoms. The van der Waals surface area contributed by atoms with Crippen molar-refractivity contribution in [3.63, 3.8) is 0 Å². The molecule has 0 unspecified atom stereocenters. The third kappa shape index (κ3) is 10.0.